The number of halogens is 2. The molecule has 0 heterocycles. The van der Waals surface area contributed by atoms with Gasteiger partial charge in [-0.05, 0) is 24.6 Å². The van der Waals surface area contributed by atoms with Gasteiger partial charge in [0.25, 0.3) is 0 Å². The third kappa shape index (κ3) is 4.24. The normalized spacial score (nSPS) is 10.0. The molecule has 3 N–H and O–H groups in total. The van der Waals surface area contributed by atoms with Gasteiger partial charge in [0.1, 0.15) is 0 Å². The molecule has 0 aromatic heterocycles. The molecule has 0 aliphatic heterocycles. The molecule has 0 saturated heterocycles. The number of primary amides is 1. The molecular formula is C11H12Cl2N2O2. The van der Waals surface area contributed by atoms with Crippen LogP contribution in [0.1, 0.15) is 23.2 Å². The van der Waals surface area contributed by atoms with Crippen molar-refractivity contribution < 1.29 is 9.59 Å². The first-order chi connectivity index (χ1) is 8.04. The van der Waals surface area contributed by atoms with Gasteiger partial charge in [-0.1, -0.05) is 11.6 Å². The summed E-state index contributed by atoms with van der Waals surface area (Å²) in [5.41, 5.74) is 5.86. The van der Waals surface area contributed by atoms with Crippen LogP contribution in [0.3, 0.4) is 0 Å². The van der Waals surface area contributed by atoms with E-state index in [1.54, 1.807) is 6.07 Å². The summed E-state index contributed by atoms with van der Waals surface area (Å²) in [7, 11) is 0. The number of hydrogen-bond acceptors (Lipinski definition) is 2. The zero-order valence-corrected chi connectivity index (χ0v) is 10.5. The Morgan fingerprint density at radius 2 is 2.06 bits per heavy atom. The first kappa shape index (κ1) is 13.8. The Balaban J connectivity index is 2.70. The molecule has 0 aliphatic carbocycles. The Hall–Kier alpha value is -1.26. The van der Waals surface area contributed by atoms with Crippen LogP contribution in [-0.2, 0) is 4.79 Å². The lowest BCUT2D eigenvalue weighted by atomic mass is 10.2. The van der Waals surface area contributed by atoms with Gasteiger partial charge in [0, 0.05) is 18.0 Å². The molecule has 0 saturated carbocycles. The van der Waals surface area contributed by atoms with E-state index in [1.807, 2.05) is 0 Å². The fourth-order valence-electron chi connectivity index (χ4n) is 1.24. The van der Waals surface area contributed by atoms with Gasteiger partial charge in [0.2, 0.25) is 11.8 Å². The van der Waals surface area contributed by atoms with E-state index in [0.29, 0.717) is 24.4 Å². The van der Waals surface area contributed by atoms with Crippen LogP contribution in [0.2, 0.25) is 5.02 Å². The Kier molecular flexibility index (Phi) is 5.25. The summed E-state index contributed by atoms with van der Waals surface area (Å²) in [5, 5.41) is 2.86. The minimum atomic E-state index is -0.602. The Morgan fingerprint density at radius 1 is 1.35 bits per heavy atom. The molecule has 0 atom stereocenters. The van der Waals surface area contributed by atoms with Gasteiger partial charge >= 0.3 is 0 Å². The molecule has 6 heteroatoms. The van der Waals surface area contributed by atoms with E-state index in [4.69, 9.17) is 28.9 Å². The fraction of sp³-hybridized carbons (Fsp3) is 0.273. The predicted molar refractivity (Wildman–Crippen MR) is 68.6 cm³/mol. The molecular weight excluding hydrogens is 263 g/mol. The second kappa shape index (κ2) is 6.47. The lowest BCUT2D eigenvalue weighted by Gasteiger charge is -2.06. The number of rotatable bonds is 5. The number of carbonyl (C=O) groups excluding carboxylic acids is 2. The first-order valence-corrected chi connectivity index (χ1v) is 5.91. The zero-order chi connectivity index (χ0) is 12.8. The van der Waals surface area contributed by atoms with Crippen LogP contribution in [-0.4, -0.2) is 17.7 Å². The number of benzene rings is 1. The van der Waals surface area contributed by atoms with Gasteiger partial charge in [0.15, 0.2) is 0 Å². The number of hydrogen-bond donors (Lipinski definition) is 2. The summed E-state index contributed by atoms with van der Waals surface area (Å²) in [4.78, 5) is 22.3. The van der Waals surface area contributed by atoms with E-state index in [2.05, 4.69) is 5.32 Å². The number of carbonyl (C=O) groups is 2. The molecule has 1 aromatic carbocycles. The molecule has 1 aromatic rings. The van der Waals surface area contributed by atoms with Crippen molar-refractivity contribution in [1.29, 1.82) is 0 Å². The Labute approximate surface area is 109 Å². The van der Waals surface area contributed by atoms with Crippen LogP contribution in [0.5, 0.6) is 0 Å². The number of amides is 2. The van der Waals surface area contributed by atoms with E-state index in [0.717, 1.165) is 0 Å². The summed E-state index contributed by atoms with van der Waals surface area (Å²) in [5.74, 6) is -0.307. The lowest BCUT2D eigenvalue weighted by molar-refractivity contribution is -0.116. The lowest BCUT2D eigenvalue weighted by Crippen LogP contribution is -2.13. The quantitative estimate of drug-likeness (QED) is 0.810. The molecule has 92 valence electrons. The van der Waals surface area contributed by atoms with Gasteiger partial charge in [-0.25, -0.2) is 0 Å². The highest BCUT2D eigenvalue weighted by Gasteiger charge is 2.08. The Morgan fingerprint density at radius 3 is 2.59 bits per heavy atom. The summed E-state index contributed by atoms with van der Waals surface area (Å²) in [6.45, 7) is 0. The Bertz CT molecular complexity index is 435. The summed E-state index contributed by atoms with van der Waals surface area (Å²) < 4.78 is 0. The van der Waals surface area contributed by atoms with E-state index < -0.39 is 5.91 Å². The second-order valence-corrected chi connectivity index (χ2v) is 4.18. The minimum absolute atomic E-state index is 0.145. The number of nitrogens with one attached hydrogen (secondary N) is 1. The maximum atomic E-state index is 11.4. The molecule has 0 fully saturated rings. The molecule has 0 spiro atoms. The van der Waals surface area contributed by atoms with Crippen molar-refractivity contribution >= 4 is 40.7 Å². The molecule has 0 unspecified atom stereocenters. The summed E-state index contributed by atoms with van der Waals surface area (Å²) in [6, 6.07) is 4.53. The molecule has 17 heavy (non-hydrogen) atoms. The average Bonchev–Trinajstić information content (AvgIpc) is 2.26. The molecule has 1 rings (SSSR count). The van der Waals surface area contributed by atoms with Crippen LogP contribution >= 0.6 is 23.2 Å². The first-order valence-electron chi connectivity index (χ1n) is 4.99. The van der Waals surface area contributed by atoms with E-state index in [-0.39, 0.29) is 16.5 Å². The van der Waals surface area contributed by atoms with Crippen molar-refractivity contribution in [1.82, 2.24) is 0 Å². The number of anilines is 1. The molecule has 0 bridgehead atoms. The van der Waals surface area contributed by atoms with Crippen LogP contribution in [0, 0.1) is 0 Å². The average molecular weight is 275 g/mol. The van der Waals surface area contributed by atoms with Crippen molar-refractivity contribution in [2.75, 3.05) is 11.2 Å². The van der Waals surface area contributed by atoms with Crippen molar-refractivity contribution in [3.63, 3.8) is 0 Å². The van der Waals surface area contributed by atoms with Gasteiger partial charge in [-0.3, -0.25) is 9.59 Å². The van der Waals surface area contributed by atoms with Crippen molar-refractivity contribution in [3.8, 4) is 0 Å². The van der Waals surface area contributed by atoms with E-state index in [9.17, 15) is 9.59 Å². The smallest absolute Gasteiger partial charge is 0.250 e. The van der Waals surface area contributed by atoms with E-state index >= 15 is 0 Å². The maximum absolute atomic E-state index is 11.4. The van der Waals surface area contributed by atoms with Crippen molar-refractivity contribution in [3.05, 3.63) is 28.8 Å². The predicted octanol–water partition coefficient (Wildman–Crippen LogP) is 2.40. The monoisotopic (exact) mass is 274 g/mol. The van der Waals surface area contributed by atoms with Crippen LogP contribution < -0.4 is 11.1 Å². The van der Waals surface area contributed by atoms with Gasteiger partial charge in [-0.15, -0.1) is 11.6 Å². The highest BCUT2D eigenvalue weighted by molar-refractivity contribution is 6.34. The zero-order valence-electron chi connectivity index (χ0n) is 9.00. The number of alkyl halides is 1. The van der Waals surface area contributed by atoms with Crippen molar-refractivity contribution in [2.45, 2.75) is 12.8 Å². The second-order valence-electron chi connectivity index (χ2n) is 3.40. The molecule has 0 aliphatic rings. The molecule has 4 nitrogen and oxygen atoms in total. The van der Waals surface area contributed by atoms with Crippen molar-refractivity contribution in [2.24, 2.45) is 5.73 Å². The molecule has 0 radical (unpaired) electrons. The molecule has 2 amide bonds. The third-order valence-corrected chi connectivity index (χ3v) is 2.64. The minimum Gasteiger partial charge on any atom is -0.366 e. The number of nitrogens with two attached hydrogens (primary N) is 1. The highest BCUT2D eigenvalue weighted by atomic mass is 35.5. The van der Waals surface area contributed by atoms with Gasteiger partial charge < -0.3 is 11.1 Å². The summed E-state index contributed by atoms with van der Waals surface area (Å²) >= 11 is 11.3. The highest BCUT2D eigenvalue weighted by Crippen LogP contribution is 2.20. The van der Waals surface area contributed by atoms with E-state index in [1.165, 1.54) is 12.1 Å². The van der Waals surface area contributed by atoms with Crippen LogP contribution in [0.15, 0.2) is 18.2 Å². The largest absolute Gasteiger partial charge is 0.366 e. The van der Waals surface area contributed by atoms with Gasteiger partial charge in [0.05, 0.1) is 10.6 Å². The van der Waals surface area contributed by atoms with Crippen LogP contribution in [0.4, 0.5) is 5.69 Å². The fourth-order valence-corrected chi connectivity index (χ4v) is 1.65. The standard InChI is InChI=1S/C11H12Cl2N2O2/c12-5-1-2-10(16)15-7-3-4-8(11(14)17)9(13)6-7/h3-4,6H,1-2,5H2,(H2,14,17)(H,15,16). The summed E-state index contributed by atoms with van der Waals surface area (Å²) in [6.07, 6.45) is 0.958. The maximum Gasteiger partial charge on any atom is 0.250 e. The van der Waals surface area contributed by atoms with Crippen LogP contribution in [0.25, 0.3) is 0 Å². The topological polar surface area (TPSA) is 72.2 Å². The van der Waals surface area contributed by atoms with Gasteiger partial charge in [-0.2, -0.15) is 0 Å². The third-order valence-electron chi connectivity index (χ3n) is 2.06. The SMILES string of the molecule is NC(=O)c1ccc(NC(=O)CCCCl)cc1Cl.